The van der Waals surface area contributed by atoms with Crippen molar-refractivity contribution in [3.8, 4) is 0 Å². The highest BCUT2D eigenvalue weighted by Gasteiger charge is 2.42. The molecule has 0 aromatic heterocycles. The maximum atomic E-state index is 4.01. The smallest absolute Gasteiger partial charge is 0.0579 e. The summed E-state index contributed by atoms with van der Waals surface area (Å²) in [7, 11) is 0. The monoisotopic (exact) mass is 277 g/mol. The molecule has 0 radical (unpaired) electrons. The van der Waals surface area contributed by atoms with E-state index >= 15 is 0 Å². The van der Waals surface area contributed by atoms with Gasteiger partial charge in [-0.15, -0.1) is 0 Å². The largest absolute Gasteiger partial charge is 0.303 e. The maximum absolute atomic E-state index is 4.01. The van der Waals surface area contributed by atoms with Crippen molar-refractivity contribution in [1.29, 1.82) is 0 Å². The Morgan fingerprint density at radius 2 is 1.10 bits per heavy atom. The van der Waals surface area contributed by atoms with E-state index in [0.29, 0.717) is 6.04 Å². The van der Waals surface area contributed by atoms with Crippen molar-refractivity contribution < 1.29 is 0 Å². The summed E-state index contributed by atoms with van der Waals surface area (Å²) in [4.78, 5) is 0. The van der Waals surface area contributed by atoms with Gasteiger partial charge in [0.15, 0.2) is 0 Å². The van der Waals surface area contributed by atoms with Crippen LogP contribution in [0.2, 0.25) is 0 Å². The van der Waals surface area contributed by atoms with Gasteiger partial charge in [-0.2, -0.15) is 0 Å². The van der Waals surface area contributed by atoms with Crippen molar-refractivity contribution in [1.82, 2.24) is 5.32 Å². The molecule has 4 rings (SSSR count). The molecule has 1 N–H and O–H groups in total. The molecule has 0 saturated heterocycles. The fraction of sp³-hybridized carbons (Fsp3) is 0.400. The fourth-order valence-electron chi connectivity index (χ4n) is 3.44. The van der Waals surface area contributed by atoms with Gasteiger partial charge >= 0.3 is 0 Å². The lowest BCUT2D eigenvalue weighted by atomic mass is 9.96. The van der Waals surface area contributed by atoms with E-state index in [9.17, 15) is 0 Å². The number of hydrogen-bond acceptors (Lipinski definition) is 1. The minimum absolute atomic E-state index is 0.332. The standard InChI is InChI=1S/C20H23N/c1-3-7-15(8-4-1)19(16-9-5-2-6-10-16)21-20(17-11-12-17)18-13-14-18/h1-10,17-21H,11-14H2. The van der Waals surface area contributed by atoms with Gasteiger partial charge in [0.05, 0.1) is 6.04 Å². The Hall–Kier alpha value is -1.60. The van der Waals surface area contributed by atoms with Crippen LogP contribution in [0.3, 0.4) is 0 Å². The molecule has 1 heteroatoms. The van der Waals surface area contributed by atoms with Gasteiger partial charge in [0.25, 0.3) is 0 Å². The van der Waals surface area contributed by atoms with E-state index in [4.69, 9.17) is 0 Å². The fourth-order valence-corrected chi connectivity index (χ4v) is 3.44. The van der Waals surface area contributed by atoms with Crippen molar-refractivity contribution in [3.05, 3.63) is 71.8 Å². The molecule has 0 aliphatic heterocycles. The van der Waals surface area contributed by atoms with Gasteiger partial charge in [0, 0.05) is 6.04 Å². The van der Waals surface area contributed by atoms with Crippen molar-refractivity contribution in [2.24, 2.45) is 11.8 Å². The third-order valence-corrected chi connectivity index (χ3v) is 4.88. The van der Waals surface area contributed by atoms with Crippen LogP contribution in [0.25, 0.3) is 0 Å². The van der Waals surface area contributed by atoms with Crippen LogP contribution in [0.4, 0.5) is 0 Å². The molecule has 0 unspecified atom stereocenters. The highest BCUT2D eigenvalue weighted by molar-refractivity contribution is 5.32. The SMILES string of the molecule is c1ccc(C(NC(C2CC2)C2CC2)c2ccccc2)cc1. The van der Waals surface area contributed by atoms with Gasteiger partial charge in [-0.25, -0.2) is 0 Å². The molecule has 2 aliphatic rings. The van der Waals surface area contributed by atoms with Crippen molar-refractivity contribution in [3.63, 3.8) is 0 Å². The van der Waals surface area contributed by atoms with E-state index in [2.05, 4.69) is 66.0 Å². The van der Waals surface area contributed by atoms with Crippen LogP contribution in [-0.2, 0) is 0 Å². The Morgan fingerprint density at radius 3 is 1.48 bits per heavy atom. The molecule has 2 aromatic rings. The third kappa shape index (κ3) is 3.03. The van der Waals surface area contributed by atoms with E-state index in [1.165, 1.54) is 36.8 Å². The Balaban J connectivity index is 1.63. The van der Waals surface area contributed by atoms with Crippen LogP contribution < -0.4 is 5.32 Å². The average Bonchev–Trinajstić information content (AvgIpc) is 3.43. The number of rotatable bonds is 6. The summed E-state index contributed by atoms with van der Waals surface area (Å²) < 4.78 is 0. The summed E-state index contributed by atoms with van der Waals surface area (Å²) in [5.74, 6) is 1.85. The van der Waals surface area contributed by atoms with Gasteiger partial charge in [0.1, 0.15) is 0 Å². The predicted molar refractivity (Wildman–Crippen MR) is 87.1 cm³/mol. The van der Waals surface area contributed by atoms with Gasteiger partial charge in [-0.05, 0) is 48.6 Å². The molecule has 2 aliphatic carbocycles. The molecule has 21 heavy (non-hydrogen) atoms. The topological polar surface area (TPSA) is 12.0 Å². The summed E-state index contributed by atoms with van der Waals surface area (Å²) in [6, 6.07) is 22.9. The second-order valence-electron chi connectivity index (χ2n) is 6.62. The quantitative estimate of drug-likeness (QED) is 0.816. The van der Waals surface area contributed by atoms with E-state index in [1.54, 1.807) is 0 Å². The lowest BCUT2D eigenvalue weighted by molar-refractivity contribution is 0.388. The van der Waals surface area contributed by atoms with Crippen molar-refractivity contribution in [2.45, 2.75) is 37.8 Å². The second-order valence-corrected chi connectivity index (χ2v) is 6.62. The molecule has 0 bridgehead atoms. The molecule has 2 aromatic carbocycles. The molecule has 1 nitrogen and oxygen atoms in total. The van der Waals surface area contributed by atoms with Crippen molar-refractivity contribution in [2.75, 3.05) is 0 Å². The van der Waals surface area contributed by atoms with Gasteiger partial charge < -0.3 is 5.32 Å². The molecule has 0 atom stereocenters. The molecule has 0 spiro atoms. The molecular weight excluding hydrogens is 254 g/mol. The van der Waals surface area contributed by atoms with Crippen LogP contribution in [0.15, 0.2) is 60.7 Å². The van der Waals surface area contributed by atoms with Crippen LogP contribution in [-0.4, -0.2) is 6.04 Å². The van der Waals surface area contributed by atoms with Crippen molar-refractivity contribution >= 4 is 0 Å². The minimum atomic E-state index is 0.332. The Bertz CT molecular complexity index is 518. The van der Waals surface area contributed by atoms with Crippen LogP contribution >= 0.6 is 0 Å². The molecule has 108 valence electrons. The molecule has 0 heterocycles. The van der Waals surface area contributed by atoms with Gasteiger partial charge in [0.2, 0.25) is 0 Å². The molecule has 2 saturated carbocycles. The lowest BCUT2D eigenvalue weighted by Crippen LogP contribution is -2.36. The lowest BCUT2D eigenvalue weighted by Gasteiger charge is -2.27. The average molecular weight is 277 g/mol. The zero-order valence-electron chi connectivity index (χ0n) is 12.4. The minimum Gasteiger partial charge on any atom is -0.303 e. The predicted octanol–water partition coefficient (Wildman–Crippen LogP) is 4.55. The van der Waals surface area contributed by atoms with Crippen LogP contribution in [0.1, 0.15) is 42.9 Å². The Kier molecular flexibility index (Phi) is 3.52. The van der Waals surface area contributed by atoms with E-state index in [-0.39, 0.29) is 0 Å². The van der Waals surface area contributed by atoms with E-state index in [0.717, 1.165) is 17.9 Å². The highest BCUT2D eigenvalue weighted by atomic mass is 15.0. The zero-order valence-corrected chi connectivity index (χ0v) is 12.4. The Morgan fingerprint density at radius 1 is 0.667 bits per heavy atom. The summed E-state index contributed by atoms with van der Waals surface area (Å²) in [5.41, 5.74) is 2.77. The summed E-state index contributed by atoms with van der Waals surface area (Å²) in [6.45, 7) is 0. The first-order valence-corrected chi connectivity index (χ1v) is 8.28. The first kappa shape index (κ1) is 13.1. The first-order chi connectivity index (χ1) is 10.4. The first-order valence-electron chi connectivity index (χ1n) is 8.28. The highest BCUT2D eigenvalue weighted by Crippen LogP contribution is 2.45. The number of benzene rings is 2. The third-order valence-electron chi connectivity index (χ3n) is 4.88. The molecular formula is C20H23N. The van der Waals surface area contributed by atoms with E-state index in [1.807, 2.05) is 0 Å². The normalized spacial score (nSPS) is 18.4. The molecule has 0 amide bonds. The van der Waals surface area contributed by atoms with Crippen LogP contribution in [0.5, 0.6) is 0 Å². The number of hydrogen-bond donors (Lipinski definition) is 1. The Labute approximate surface area is 127 Å². The number of nitrogens with one attached hydrogen (secondary N) is 1. The molecule has 2 fully saturated rings. The van der Waals surface area contributed by atoms with Crippen LogP contribution in [0, 0.1) is 11.8 Å². The summed E-state index contributed by atoms with van der Waals surface area (Å²) >= 11 is 0. The van der Waals surface area contributed by atoms with E-state index < -0.39 is 0 Å². The zero-order chi connectivity index (χ0) is 14.1. The second kappa shape index (κ2) is 5.65. The summed E-state index contributed by atoms with van der Waals surface area (Å²) in [5, 5.41) is 4.01. The van der Waals surface area contributed by atoms with Gasteiger partial charge in [-0.1, -0.05) is 60.7 Å². The summed E-state index contributed by atoms with van der Waals surface area (Å²) in [6.07, 6.45) is 5.68. The van der Waals surface area contributed by atoms with Gasteiger partial charge in [-0.3, -0.25) is 0 Å². The maximum Gasteiger partial charge on any atom is 0.0579 e.